The van der Waals surface area contributed by atoms with E-state index in [-0.39, 0.29) is 0 Å². The summed E-state index contributed by atoms with van der Waals surface area (Å²) in [5.41, 5.74) is 0. The third kappa shape index (κ3) is 1.68. The van der Waals surface area contributed by atoms with E-state index in [0.29, 0.717) is 12.6 Å². The molecule has 1 aromatic rings. The summed E-state index contributed by atoms with van der Waals surface area (Å²) in [5.74, 6) is 1.05. The van der Waals surface area contributed by atoms with Crippen molar-refractivity contribution in [2.75, 3.05) is 6.54 Å². The van der Waals surface area contributed by atoms with Crippen LogP contribution in [0, 0.1) is 11.3 Å². The van der Waals surface area contributed by atoms with Crippen molar-refractivity contribution >= 4 is 0 Å². The Hall–Kier alpha value is -1.41. The molecule has 0 aromatic carbocycles. The first-order valence-corrected chi connectivity index (χ1v) is 4.37. The molecule has 1 aliphatic heterocycles. The van der Waals surface area contributed by atoms with Gasteiger partial charge in [0.05, 0.1) is 19.2 Å². The Balaban J connectivity index is 1.97. The molecule has 0 aliphatic carbocycles. The van der Waals surface area contributed by atoms with E-state index < -0.39 is 0 Å². The third-order valence-corrected chi connectivity index (χ3v) is 2.28. The highest BCUT2D eigenvalue weighted by molar-refractivity contribution is 4.92. The lowest BCUT2D eigenvalue weighted by molar-refractivity contribution is 0.370. The average Bonchev–Trinajstić information content (AvgIpc) is 2.61. The van der Waals surface area contributed by atoms with Crippen molar-refractivity contribution in [3.63, 3.8) is 0 Å². The minimum absolute atomic E-state index is 0.369. The first-order valence-electron chi connectivity index (χ1n) is 4.37. The topological polar surface area (TPSA) is 66.5 Å². The van der Waals surface area contributed by atoms with Gasteiger partial charge >= 0.3 is 0 Å². The molecule has 2 rings (SSSR count). The van der Waals surface area contributed by atoms with Crippen molar-refractivity contribution in [1.82, 2.24) is 20.1 Å². The second-order valence-electron chi connectivity index (χ2n) is 3.13. The van der Waals surface area contributed by atoms with Crippen LogP contribution in [0.25, 0.3) is 0 Å². The summed E-state index contributed by atoms with van der Waals surface area (Å²) >= 11 is 0. The van der Waals surface area contributed by atoms with Crippen molar-refractivity contribution in [3.8, 4) is 6.07 Å². The van der Waals surface area contributed by atoms with Crippen LogP contribution in [0.1, 0.15) is 12.2 Å². The third-order valence-electron chi connectivity index (χ3n) is 2.28. The average molecular weight is 177 g/mol. The maximum absolute atomic E-state index is 8.40. The summed E-state index contributed by atoms with van der Waals surface area (Å²) in [7, 11) is 0. The highest BCUT2D eigenvalue weighted by Gasteiger charge is 2.18. The van der Waals surface area contributed by atoms with Gasteiger partial charge < -0.3 is 0 Å². The minimum atomic E-state index is 0.369. The first-order chi connectivity index (χ1) is 6.40. The number of nitrogens with zero attached hydrogens (tertiary/aromatic N) is 4. The number of nitrogens with one attached hydrogen (secondary N) is 1. The summed E-state index contributed by atoms with van der Waals surface area (Å²) in [6.45, 7) is 1.24. The Bertz CT molecular complexity index is 324. The zero-order chi connectivity index (χ0) is 9.10. The standard InChI is InChI=1S/C8H11N5/c9-3-4-10-7-1-2-8-11-6-12-13(8)5-7/h6-7,10H,1-2,4-5H2. The zero-order valence-electron chi connectivity index (χ0n) is 7.27. The van der Waals surface area contributed by atoms with E-state index in [1.54, 1.807) is 6.33 Å². The van der Waals surface area contributed by atoms with Gasteiger partial charge in [-0.3, -0.25) is 5.32 Å². The van der Waals surface area contributed by atoms with E-state index in [1.165, 1.54) is 0 Å². The van der Waals surface area contributed by atoms with Gasteiger partial charge in [0.2, 0.25) is 0 Å². The van der Waals surface area contributed by atoms with Gasteiger partial charge in [-0.25, -0.2) is 9.67 Å². The number of rotatable bonds is 2. The fourth-order valence-electron chi connectivity index (χ4n) is 1.59. The lowest BCUT2D eigenvalue weighted by Crippen LogP contribution is -2.37. The molecule has 0 radical (unpaired) electrons. The molecule has 5 nitrogen and oxygen atoms in total. The van der Waals surface area contributed by atoms with E-state index >= 15 is 0 Å². The maximum atomic E-state index is 8.40. The quantitative estimate of drug-likeness (QED) is 0.630. The van der Waals surface area contributed by atoms with Crippen LogP contribution in [-0.4, -0.2) is 27.4 Å². The largest absolute Gasteiger partial charge is 0.300 e. The molecule has 68 valence electrons. The van der Waals surface area contributed by atoms with Crippen LogP contribution in [0.5, 0.6) is 0 Å². The predicted octanol–water partition coefficient (Wildman–Crippen LogP) is -0.294. The van der Waals surface area contributed by atoms with Gasteiger partial charge in [-0.2, -0.15) is 10.4 Å². The Labute approximate surface area is 76.4 Å². The van der Waals surface area contributed by atoms with Crippen LogP contribution < -0.4 is 5.32 Å². The summed E-state index contributed by atoms with van der Waals surface area (Å²) in [6, 6.07) is 2.45. The molecule has 1 aliphatic rings. The number of hydrogen-bond donors (Lipinski definition) is 1. The molecular formula is C8H11N5. The van der Waals surface area contributed by atoms with Crippen molar-refractivity contribution < 1.29 is 0 Å². The zero-order valence-corrected chi connectivity index (χ0v) is 7.27. The molecule has 0 saturated carbocycles. The Morgan fingerprint density at radius 1 is 1.77 bits per heavy atom. The van der Waals surface area contributed by atoms with E-state index in [0.717, 1.165) is 25.2 Å². The van der Waals surface area contributed by atoms with Gasteiger partial charge in [-0.15, -0.1) is 0 Å². The molecular weight excluding hydrogens is 166 g/mol. The fourth-order valence-corrected chi connectivity index (χ4v) is 1.59. The van der Waals surface area contributed by atoms with E-state index in [1.807, 2.05) is 4.68 Å². The van der Waals surface area contributed by atoms with Crippen LogP contribution in [0.4, 0.5) is 0 Å². The lowest BCUT2D eigenvalue weighted by atomic mass is 10.1. The van der Waals surface area contributed by atoms with Gasteiger partial charge in [-0.05, 0) is 6.42 Å². The monoisotopic (exact) mass is 177 g/mol. The molecule has 1 N–H and O–H groups in total. The molecule has 13 heavy (non-hydrogen) atoms. The normalized spacial score (nSPS) is 20.7. The van der Waals surface area contributed by atoms with E-state index in [2.05, 4.69) is 21.5 Å². The van der Waals surface area contributed by atoms with E-state index in [9.17, 15) is 0 Å². The van der Waals surface area contributed by atoms with Crippen molar-refractivity contribution in [3.05, 3.63) is 12.2 Å². The summed E-state index contributed by atoms with van der Waals surface area (Å²) < 4.78 is 1.90. The molecule has 0 saturated heterocycles. The second kappa shape index (κ2) is 3.54. The maximum Gasteiger partial charge on any atom is 0.138 e. The van der Waals surface area contributed by atoms with Crippen molar-refractivity contribution in [2.24, 2.45) is 0 Å². The highest BCUT2D eigenvalue weighted by atomic mass is 15.3. The Morgan fingerprint density at radius 3 is 3.54 bits per heavy atom. The van der Waals surface area contributed by atoms with Crippen LogP contribution >= 0.6 is 0 Å². The summed E-state index contributed by atoms with van der Waals surface area (Å²) in [5, 5.41) is 15.7. The molecule has 0 spiro atoms. The molecule has 5 heteroatoms. The van der Waals surface area contributed by atoms with Gasteiger partial charge in [0.1, 0.15) is 12.2 Å². The minimum Gasteiger partial charge on any atom is -0.300 e. The highest BCUT2D eigenvalue weighted by Crippen LogP contribution is 2.10. The predicted molar refractivity (Wildman–Crippen MR) is 45.7 cm³/mol. The number of aromatic nitrogens is 3. The lowest BCUT2D eigenvalue weighted by Gasteiger charge is -2.22. The van der Waals surface area contributed by atoms with Crippen LogP contribution in [0.3, 0.4) is 0 Å². The van der Waals surface area contributed by atoms with Gasteiger partial charge in [-0.1, -0.05) is 0 Å². The first kappa shape index (κ1) is 8.20. The van der Waals surface area contributed by atoms with Crippen molar-refractivity contribution in [1.29, 1.82) is 5.26 Å². The molecule has 1 atom stereocenters. The number of fused-ring (bicyclic) bond motifs is 1. The molecule has 0 amide bonds. The molecule has 1 aromatic heterocycles. The molecule has 0 bridgehead atoms. The van der Waals surface area contributed by atoms with Crippen LogP contribution in [-0.2, 0) is 13.0 Å². The van der Waals surface area contributed by atoms with Gasteiger partial charge in [0.15, 0.2) is 0 Å². The molecule has 0 fully saturated rings. The van der Waals surface area contributed by atoms with Gasteiger partial charge in [0.25, 0.3) is 0 Å². The van der Waals surface area contributed by atoms with Crippen LogP contribution in [0.2, 0.25) is 0 Å². The molecule has 2 heterocycles. The molecule has 1 unspecified atom stereocenters. The number of nitriles is 1. The van der Waals surface area contributed by atoms with Gasteiger partial charge in [0, 0.05) is 12.5 Å². The summed E-state index contributed by atoms with van der Waals surface area (Å²) in [4.78, 5) is 4.13. The van der Waals surface area contributed by atoms with E-state index in [4.69, 9.17) is 5.26 Å². The Morgan fingerprint density at radius 2 is 2.69 bits per heavy atom. The SMILES string of the molecule is N#CCNC1CCc2ncnn2C1. The Kier molecular flexibility index (Phi) is 2.23. The smallest absolute Gasteiger partial charge is 0.138 e. The van der Waals surface area contributed by atoms with Crippen LogP contribution in [0.15, 0.2) is 6.33 Å². The van der Waals surface area contributed by atoms with Crippen molar-refractivity contribution in [2.45, 2.75) is 25.4 Å². The number of aryl methyl sites for hydroxylation is 1. The summed E-state index contributed by atoms with van der Waals surface area (Å²) in [6.07, 6.45) is 3.57. The second-order valence-corrected chi connectivity index (χ2v) is 3.13. The fraction of sp³-hybridized carbons (Fsp3) is 0.625. The number of hydrogen-bond acceptors (Lipinski definition) is 4.